The molecular weight excluding hydrogens is 176 g/mol. The smallest absolute Gasteiger partial charge is 0.306 e. The molecule has 1 aliphatic rings. The van der Waals surface area contributed by atoms with E-state index in [1.54, 1.807) is 0 Å². The summed E-state index contributed by atoms with van der Waals surface area (Å²) >= 11 is 0. The first-order chi connectivity index (χ1) is 6.52. The van der Waals surface area contributed by atoms with Gasteiger partial charge >= 0.3 is 5.97 Å². The number of carbonyl (C=O) groups is 1. The predicted octanol–water partition coefficient (Wildman–Crippen LogP) is 3.07. The molecular formula is C12H20O2. The molecule has 0 aliphatic carbocycles. The number of hydrogen-bond donors (Lipinski definition) is 0. The van der Waals surface area contributed by atoms with Gasteiger partial charge in [0.15, 0.2) is 0 Å². The summed E-state index contributed by atoms with van der Waals surface area (Å²) < 4.78 is 5.28. The third-order valence-electron chi connectivity index (χ3n) is 2.58. The van der Waals surface area contributed by atoms with Crippen LogP contribution in [0, 0.1) is 5.92 Å². The molecule has 1 rings (SSSR count). The Kier molecular flexibility index (Phi) is 3.73. The fourth-order valence-electron chi connectivity index (χ4n) is 1.68. The Hall–Kier alpha value is -0.790. The second-order valence-corrected chi connectivity index (χ2v) is 4.63. The van der Waals surface area contributed by atoms with Crippen LogP contribution in [-0.2, 0) is 9.53 Å². The Bertz CT molecular complexity index is 230. The van der Waals surface area contributed by atoms with Crippen LogP contribution in [0.25, 0.3) is 0 Å². The largest absolute Gasteiger partial charge is 0.459 e. The van der Waals surface area contributed by atoms with Gasteiger partial charge in [-0.25, -0.2) is 0 Å². The number of cyclic esters (lactones) is 1. The lowest BCUT2D eigenvalue weighted by Gasteiger charge is -2.21. The van der Waals surface area contributed by atoms with E-state index in [-0.39, 0.29) is 11.6 Å². The van der Waals surface area contributed by atoms with E-state index in [0.717, 1.165) is 19.3 Å². The molecule has 1 atom stereocenters. The van der Waals surface area contributed by atoms with E-state index < -0.39 is 0 Å². The van der Waals surface area contributed by atoms with Gasteiger partial charge in [0, 0.05) is 6.42 Å². The fraction of sp³-hybridized carbons (Fsp3) is 0.750. The van der Waals surface area contributed by atoms with E-state index >= 15 is 0 Å². The second-order valence-electron chi connectivity index (χ2n) is 4.63. The maximum Gasteiger partial charge on any atom is 0.306 e. The molecule has 0 aromatic heterocycles. The summed E-state index contributed by atoms with van der Waals surface area (Å²) in [5.74, 6) is 0.564. The third-order valence-corrected chi connectivity index (χ3v) is 2.58. The van der Waals surface area contributed by atoms with Crippen LogP contribution in [0.2, 0.25) is 0 Å². The lowest BCUT2D eigenvalue weighted by atomic mass is 9.96. The van der Waals surface area contributed by atoms with Gasteiger partial charge in [-0.3, -0.25) is 4.79 Å². The van der Waals surface area contributed by atoms with Crippen LogP contribution in [0.3, 0.4) is 0 Å². The average Bonchev–Trinajstić information content (AvgIpc) is 2.41. The maximum absolute atomic E-state index is 11.0. The summed E-state index contributed by atoms with van der Waals surface area (Å²) in [6.45, 7) is 6.35. The van der Waals surface area contributed by atoms with Crippen LogP contribution in [-0.4, -0.2) is 11.6 Å². The molecule has 1 aliphatic heterocycles. The van der Waals surface area contributed by atoms with Crippen molar-refractivity contribution in [2.75, 3.05) is 0 Å². The number of allylic oxidation sites excluding steroid dienone is 2. The van der Waals surface area contributed by atoms with Gasteiger partial charge in [-0.15, -0.1) is 0 Å². The van der Waals surface area contributed by atoms with E-state index in [0.29, 0.717) is 12.3 Å². The SMILES string of the molecule is CC(C)/C=C\CCC1(C)CCC(=O)O1. The van der Waals surface area contributed by atoms with Crippen LogP contribution in [0.5, 0.6) is 0 Å². The maximum atomic E-state index is 11.0. The number of ether oxygens (including phenoxy) is 1. The zero-order chi connectivity index (χ0) is 10.6. The first kappa shape index (κ1) is 11.3. The first-order valence-corrected chi connectivity index (χ1v) is 5.40. The van der Waals surface area contributed by atoms with Crippen molar-refractivity contribution in [1.82, 2.24) is 0 Å². The molecule has 2 nitrogen and oxygen atoms in total. The number of rotatable bonds is 4. The normalized spacial score (nSPS) is 27.6. The van der Waals surface area contributed by atoms with Crippen LogP contribution >= 0.6 is 0 Å². The Labute approximate surface area is 86.3 Å². The minimum absolute atomic E-state index is 0.0414. The molecule has 0 aromatic rings. The predicted molar refractivity (Wildman–Crippen MR) is 56.9 cm³/mol. The Morgan fingerprint density at radius 1 is 1.57 bits per heavy atom. The first-order valence-electron chi connectivity index (χ1n) is 5.40. The average molecular weight is 196 g/mol. The van der Waals surface area contributed by atoms with Crippen LogP contribution in [0.15, 0.2) is 12.2 Å². The van der Waals surface area contributed by atoms with Crippen LogP contribution in [0.1, 0.15) is 46.5 Å². The van der Waals surface area contributed by atoms with Crippen molar-refractivity contribution < 1.29 is 9.53 Å². The molecule has 0 spiro atoms. The summed E-state index contributed by atoms with van der Waals surface area (Å²) in [4.78, 5) is 11.0. The van der Waals surface area contributed by atoms with Gasteiger partial charge in [0.05, 0.1) is 0 Å². The van der Waals surface area contributed by atoms with Gasteiger partial charge in [-0.2, -0.15) is 0 Å². The van der Waals surface area contributed by atoms with Crippen molar-refractivity contribution in [3.63, 3.8) is 0 Å². The van der Waals surface area contributed by atoms with Gasteiger partial charge in [0.25, 0.3) is 0 Å². The molecule has 0 amide bonds. The summed E-state index contributed by atoms with van der Waals surface area (Å²) in [5.41, 5.74) is -0.196. The number of carbonyl (C=O) groups excluding carboxylic acids is 1. The zero-order valence-corrected chi connectivity index (χ0v) is 9.38. The van der Waals surface area contributed by atoms with Crippen molar-refractivity contribution in [1.29, 1.82) is 0 Å². The highest BCUT2D eigenvalue weighted by molar-refractivity contribution is 5.72. The second kappa shape index (κ2) is 4.63. The van der Waals surface area contributed by atoms with E-state index in [1.807, 2.05) is 6.92 Å². The minimum Gasteiger partial charge on any atom is -0.459 e. The van der Waals surface area contributed by atoms with Crippen molar-refractivity contribution in [3.05, 3.63) is 12.2 Å². The summed E-state index contributed by atoms with van der Waals surface area (Å²) in [7, 11) is 0. The van der Waals surface area contributed by atoms with Crippen molar-refractivity contribution in [2.24, 2.45) is 5.92 Å². The summed E-state index contributed by atoms with van der Waals surface area (Å²) in [6.07, 6.45) is 7.79. The zero-order valence-electron chi connectivity index (χ0n) is 9.38. The van der Waals surface area contributed by atoms with Gasteiger partial charge < -0.3 is 4.74 Å². The highest BCUT2D eigenvalue weighted by Crippen LogP contribution is 2.30. The van der Waals surface area contributed by atoms with Crippen molar-refractivity contribution in [3.8, 4) is 0 Å². The Morgan fingerprint density at radius 2 is 2.29 bits per heavy atom. The van der Waals surface area contributed by atoms with Gasteiger partial charge in [-0.05, 0) is 32.1 Å². The van der Waals surface area contributed by atoms with Gasteiger partial charge in [0.2, 0.25) is 0 Å². The van der Waals surface area contributed by atoms with E-state index in [4.69, 9.17) is 4.74 Å². The number of hydrogen-bond acceptors (Lipinski definition) is 2. The highest BCUT2D eigenvalue weighted by Gasteiger charge is 2.34. The van der Waals surface area contributed by atoms with Crippen molar-refractivity contribution in [2.45, 2.75) is 52.1 Å². The molecule has 0 bridgehead atoms. The number of esters is 1. The summed E-state index contributed by atoms with van der Waals surface area (Å²) in [5, 5.41) is 0. The van der Waals surface area contributed by atoms with E-state index in [2.05, 4.69) is 26.0 Å². The lowest BCUT2D eigenvalue weighted by Crippen LogP contribution is -2.23. The van der Waals surface area contributed by atoms with E-state index in [1.165, 1.54) is 0 Å². The molecule has 1 fully saturated rings. The highest BCUT2D eigenvalue weighted by atomic mass is 16.6. The molecule has 2 heteroatoms. The molecule has 0 N–H and O–H groups in total. The molecule has 1 heterocycles. The standard InChI is InChI=1S/C12H20O2/c1-10(2)6-4-5-8-12(3)9-7-11(13)14-12/h4,6,10H,5,7-9H2,1-3H3/b6-4-. The molecule has 80 valence electrons. The van der Waals surface area contributed by atoms with Gasteiger partial charge in [-0.1, -0.05) is 26.0 Å². The molecule has 0 radical (unpaired) electrons. The molecule has 0 saturated carbocycles. The lowest BCUT2D eigenvalue weighted by molar-refractivity contribution is -0.147. The third kappa shape index (κ3) is 3.52. The van der Waals surface area contributed by atoms with Gasteiger partial charge in [0.1, 0.15) is 5.60 Å². The molecule has 1 saturated heterocycles. The Morgan fingerprint density at radius 3 is 2.79 bits per heavy atom. The Balaban J connectivity index is 2.27. The van der Waals surface area contributed by atoms with Crippen LogP contribution < -0.4 is 0 Å². The topological polar surface area (TPSA) is 26.3 Å². The quantitative estimate of drug-likeness (QED) is 0.510. The van der Waals surface area contributed by atoms with E-state index in [9.17, 15) is 4.79 Å². The molecule has 1 unspecified atom stereocenters. The van der Waals surface area contributed by atoms with Crippen LogP contribution in [0.4, 0.5) is 0 Å². The minimum atomic E-state index is -0.196. The molecule has 0 aromatic carbocycles. The molecule has 14 heavy (non-hydrogen) atoms. The monoisotopic (exact) mass is 196 g/mol. The summed E-state index contributed by atoms with van der Waals surface area (Å²) in [6, 6.07) is 0. The van der Waals surface area contributed by atoms with Crippen molar-refractivity contribution >= 4 is 5.97 Å². The fourth-order valence-corrected chi connectivity index (χ4v) is 1.68.